The van der Waals surface area contributed by atoms with Crippen molar-refractivity contribution in [2.24, 2.45) is 0 Å². The van der Waals surface area contributed by atoms with Crippen molar-refractivity contribution < 1.29 is 28.2 Å². The van der Waals surface area contributed by atoms with E-state index < -0.39 is 24.1 Å². The molecule has 1 atom stereocenters. The van der Waals surface area contributed by atoms with Crippen LogP contribution in [0.2, 0.25) is 0 Å². The molecule has 3 amide bonds. The van der Waals surface area contributed by atoms with Crippen molar-refractivity contribution >= 4 is 29.5 Å². The van der Waals surface area contributed by atoms with Gasteiger partial charge < -0.3 is 14.8 Å². The molecule has 2 saturated heterocycles. The lowest BCUT2D eigenvalue weighted by Crippen LogP contribution is -2.33. The molecule has 24 heavy (non-hydrogen) atoms. The topological polar surface area (TPSA) is 88.2 Å². The first-order valence-electron chi connectivity index (χ1n) is 7.42. The van der Waals surface area contributed by atoms with Crippen molar-refractivity contribution in [2.75, 3.05) is 36.0 Å². The smallest absolute Gasteiger partial charge is 0.414 e. The summed E-state index contributed by atoms with van der Waals surface area (Å²) in [6.07, 6.45) is -1.71. The fraction of sp³-hybridized carbons (Fsp3) is 0.400. The summed E-state index contributed by atoms with van der Waals surface area (Å²) in [6.45, 7) is 2.25. The summed E-state index contributed by atoms with van der Waals surface area (Å²) in [5, 5.41) is 2.57. The Morgan fingerprint density at radius 2 is 2.12 bits per heavy atom. The number of nitrogens with zero attached hydrogens (tertiary/aromatic N) is 2. The standard InChI is InChI=1S/C15H16FN3O5/c1-9(20)17-7-11-8-19(15(22)24-11)10-2-3-13(12(16)6-10)18-4-5-23-14(18)21/h2-3,6,11H,4-5,7-8H2,1H3,(H,17,20)/t11-/m0/s1. The molecule has 0 aliphatic carbocycles. The maximum Gasteiger partial charge on any atom is 0.414 e. The molecule has 128 valence electrons. The zero-order valence-corrected chi connectivity index (χ0v) is 13.0. The largest absolute Gasteiger partial charge is 0.447 e. The Balaban J connectivity index is 1.73. The van der Waals surface area contributed by atoms with Crippen molar-refractivity contribution in [2.45, 2.75) is 13.0 Å². The number of anilines is 2. The molecule has 2 fully saturated rings. The van der Waals surface area contributed by atoms with Gasteiger partial charge in [0.1, 0.15) is 18.5 Å². The molecular weight excluding hydrogens is 321 g/mol. The Bertz CT molecular complexity index is 696. The number of amides is 3. The molecular formula is C15H16FN3O5. The van der Waals surface area contributed by atoms with Gasteiger partial charge in [-0.2, -0.15) is 0 Å². The van der Waals surface area contributed by atoms with Crippen LogP contribution in [0.25, 0.3) is 0 Å². The number of rotatable bonds is 4. The zero-order chi connectivity index (χ0) is 17.3. The summed E-state index contributed by atoms with van der Waals surface area (Å²) >= 11 is 0. The van der Waals surface area contributed by atoms with E-state index in [0.29, 0.717) is 5.69 Å². The summed E-state index contributed by atoms with van der Waals surface area (Å²) in [6, 6.07) is 4.13. The number of benzene rings is 1. The summed E-state index contributed by atoms with van der Waals surface area (Å²) in [7, 11) is 0. The number of cyclic esters (lactones) is 2. The lowest BCUT2D eigenvalue weighted by atomic mass is 10.2. The second-order valence-electron chi connectivity index (χ2n) is 5.46. The first-order valence-corrected chi connectivity index (χ1v) is 7.42. The number of hydrogen-bond acceptors (Lipinski definition) is 5. The van der Waals surface area contributed by atoms with Gasteiger partial charge in [0.25, 0.3) is 0 Å². The highest BCUT2D eigenvalue weighted by atomic mass is 19.1. The number of halogens is 1. The second-order valence-corrected chi connectivity index (χ2v) is 5.46. The van der Waals surface area contributed by atoms with E-state index in [1.54, 1.807) is 0 Å². The third-order valence-electron chi connectivity index (χ3n) is 3.75. The zero-order valence-electron chi connectivity index (χ0n) is 13.0. The van der Waals surface area contributed by atoms with Gasteiger partial charge in [-0.15, -0.1) is 0 Å². The summed E-state index contributed by atoms with van der Waals surface area (Å²) in [5.41, 5.74) is 0.419. The van der Waals surface area contributed by atoms with Crippen molar-refractivity contribution in [1.82, 2.24) is 5.32 Å². The molecule has 0 aromatic heterocycles. The number of nitrogens with one attached hydrogen (secondary N) is 1. The second kappa shape index (κ2) is 6.34. The molecule has 1 aromatic rings. The average Bonchev–Trinajstić information content (AvgIpc) is 3.11. The molecule has 0 bridgehead atoms. The molecule has 3 rings (SSSR count). The fourth-order valence-corrected chi connectivity index (χ4v) is 2.59. The maximum atomic E-state index is 14.3. The van der Waals surface area contributed by atoms with Crippen molar-refractivity contribution in [3.05, 3.63) is 24.0 Å². The molecule has 0 spiro atoms. The van der Waals surface area contributed by atoms with E-state index in [2.05, 4.69) is 5.32 Å². The molecule has 2 aliphatic heterocycles. The minimum atomic E-state index is -0.635. The molecule has 0 saturated carbocycles. The van der Waals surface area contributed by atoms with E-state index in [1.807, 2.05) is 0 Å². The van der Waals surface area contributed by atoms with Gasteiger partial charge in [0.2, 0.25) is 5.91 Å². The Kier molecular flexibility index (Phi) is 4.24. The first-order chi connectivity index (χ1) is 11.5. The number of ether oxygens (including phenoxy) is 2. The minimum Gasteiger partial charge on any atom is -0.447 e. The molecule has 1 N–H and O–H groups in total. The van der Waals surface area contributed by atoms with Crippen LogP contribution in [-0.4, -0.2) is 50.4 Å². The summed E-state index contributed by atoms with van der Waals surface area (Å²) in [4.78, 5) is 36.8. The van der Waals surface area contributed by atoms with Crippen LogP contribution in [0.5, 0.6) is 0 Å². The Morgan fingerprint density at radius 3 is 2.75 bits per heavy atom. The van der Waals surface area contributed by atoms with Crippen LogP contribution in [0.1, 0.15) is 6.92 Å². The van der Waals surface area contributed by atoms with Crippen LogP contribution in [0, 0.1) is 5.82 Å². The quantitative estimate of drug-likeness (QED) is 0.893. The SMILES string of the molecule is CC(=O)NC[C@H]1CN(c2ccc(N3CCOC3=O)c(F)c2)C(=O)O1. The van der Waals surface area contributed by atoms with Crippen LogP contribution in [-0.2, 0) is 14.3 Å². The first kappa shape index (κ1) is 16.0. The third-order valence-corrected chi connectivity index (χ3v) is 3.75. The van der Waals surface area contributed by atoms with E-state index in [4.69, 9.17) is 9.47 Å². The highest BCUT2D eigenvalue weighted by Crippen LogP contribution is 2.29. The van der Waals surface area contributed by atoms with Gasteiger partial charge in [0.15, 0.2) is 0 Å². The molecule has 2 heterocycles. The maximum absolute atomic E-state index is 14.3. The third kappa shape index (κ3) is 3.10. The van der Waals surface area contributed by atoms with Crippen LogP contribution >= 0.6 is 0 Å². The normalized spacial score (nSPS) is 20.2. The van der Waals surface area contributed by atoms with Crippen LogP contribution < -0.4 is 15.1 Å². The van der Waals surface area contributed by atoms with E-state index in [-0.39, 0.29) is 37.8 Å². The lowest BCUT2D eigenvalue weighted by Gasteiger charge is -2.17. The van der Waals surface area contributed by atoms with E-state index >= 15 is 0 Å². The molecule has 1 aromatic carbocycles. The van der Waals surface area contributed by atoms with Crippen molar-refractivity contribution in [1.29, 1.82) is 0 Å². The Labute approximate surface area is 137 Å². The highest BCUT2D eigenvalue weighted by molar-refractivity contribution is 5.92. The predicted octanol–water partition coefficient (Wildman–Crippen LogP) is 1.24. The van der Waals surface area contributed by atoms with Gasteiger partial charge in [0, 0.05) is 6.92 Å². The molecule has 0 radical (unpaired) electrons. The fourth-order valence-electron chi connectivity index (χ4n) is 2.59. The van der Waals surface area contributed by atoms with E-state index in [0.717, 1.165) is 0 Å². The minimum absolute atomic E-state index is 0.101. The van der Waals surface area contributed by atoms with Gasteiger partial charge in [-0.1, -0.05) is 0 Å². The highest BCUT2D eigenvalue weighted by Gasteiger charge is 2.33. The van der Waals surface area contributed by atoms with Gasteiger partial charge in [-0.25, -0.2) is 14.0 Å². The lowest BCUT2D eigenvalue weighted by molar-refractivity contribution is -0.119. The monoisotopic (exact) mass is 337 g/mol. The number of carbonyl (C=O) groups excluding carboxylic acids is 3. The van der Waals surface area contributed by atoms with Crippen LogP contribution in [0.3, 0.4) is 0 Å². The van der Waals surface area contributed by atoms with Crippen molar-refractivity contribution in [3.63, 3.8) is 0 Å². The van der Waals surface area contributed by atoms with Crippen LogP contribution in [0.15, 0.2) is 18.2 Å². The van der Waals surface area contributed by atoms with Crippen LogP contribution in [0.4, 0.5) is 25.4 Å². The van der Waals surface area contributed by atoms with E-state index in [1.165, 1.54) is 34.9 Å². The molecule has 9 heteroatoms. The predicted molar refractivity (Wildman–Crippen MR) is 81.4 cm³/mol. The van der Waals surface area contributed by atoms with Crippen molar-refractivity contribution in [3.8, 4) is 0 Å². The Hall–Kier alpha value is -2.84. The average molecular weight is 337 g/mol. The van der Waals surface area contributed by atoms with Gasteiger partial charge in [-0.05, 0) is 18.2 Å². The van der Waals surface area contributed by atoms with Gasteiger partial charge in [-0.3, -0.25) is 14.6 Å². The van der Waals surface area contributed by atoms with Gasteiger partial charge in [0.05, 0.1) is 31.0 Å². The summed E-state index contributed by atoms with van der Waals surface area (Å²) < 4.78 is 24.2. The molecule has 0 unspecified atom stereocenters. The number of hydrogen-bond donors (Lipinski definition) is 1. The molecule has 8 nitrogen and oxygen atoms in total. The van der Waals surface area contributed by atoms with Gasteiger partial charge >= 0.3 is 12.2 Å². The Morgan fingerprint density at radius 1 is 1.33 bits per heavy atom. The summed E-state index contributed by atoms with van der Waals surface area (Å²) in [5.74, 6) is -0.859. The van der Waals surface area contributed by atoms with E-state index in [9.17, 15) is 18.8 Å². The number of carbonyl (C=O) groups is 3. The molecule has 2 aliphatic rings.